The molecule has 2 heterocycles. The van der Waals surface area contributed by atoms with Crippen molar-refractivity contribution >= 4 is 17.4 Å². The topological polar surface area (TPSA) is 148 Å². The fourth-order valence-corrected chi connectivity index (χ4v) is 4.61. The van der Waals surface area contributed by atoms with Crippen molar-refractivity contribution in [3.63, 3.8) is 0 Å². The molecular formula is C25H37N9O. The number of aliphatic hydroxyl groups excluding tert-OH is 1. The van der Waals surface area contributed by atoms with Gasteiger partial charge in [-0.25, -0.2) is 9.97 Å². The molecule has 1 aromatic carbocycles. The number of fused-ring (bicyclic) bond motifs is 1. The minimum absolute atomic E-state index is 0.0173. The Bertz CT molecular complexity index is 1000. The number of piperidine rings is 1. The predicted octanol–water partition coefficient (Wildman–Crippen LogP) is 1.04. The maximum absolute atomic E-state index is 10.5. The van der Waals surface area contributed by atoms with E-state index in [1.54, 1.807) is 0 Å². The van der Waals surface area contributed by atoms with Gasteiger partial charge in [-0.15, -0.1) is 0 Å². The lowest BCUT2D eigenvalue weighted by molar-refractivity contribution is 0.0133. The van der Waals surface area contributed by atoms with Crippen LogP contribution in [0.2, 0.25) is 0 Å². The summed E-state index contributed by atoms with van der Waals surface area (Å²) >= 11 is 0. The molecular weight excluding hydrogens is 442 g/mol. The number of nitrogens with zero attached hydrogens (tertiary/aromatic N) is 4. The fraction of sp³-hybridized carbons (Fsp3) is 0.520. The molecule has 0 amide bonds. The first-order chi connectivity index (χ1) is 16.9. The summed E-state index contributed by atoms with van der Waals surface area (Å²) in [6, 6.07) is 8.91. The lowest BCUT2D eigenvalue weighted by atomic mass is 10.1. The zero-order valence-corrected chi connectivity index (χ0v) is 20.5. The van der Waals surface area contributed by atoms with Crippen molar-refractivity contribution in [2.75, 3.05) is 31.5 Å². The summed E-state index contributed by atoms with van der Waals surface area (Å²) in [4.78, 5) is 11.0. The zero-order valence-electron chi connectivity index (χ0n) is 20.5. The van der Waals surface area contributed by atoms with Crippen LogP contribution < -0.4 is 21.8 Å². The van der Waals surface area contributed by atoms with Crippen LogP contribution in [-0.4, -0.2) is 76.0 Å². The summed E-state index contributed by atoms with van der Waals surface area (Å²) in [6.45, 7) is 6.35. The third-order valence-electron chi connectivity index (χ3n) is 6.89. The highest BCUT2D eigenvalue weighted by molar-refractivity contribution is 6.42. The Morgan fingerprint density at radius 1 is 1.14 bits per heavy atom. The number of hydrogen-bond donors (Lipinski definition) is 6. The first-order valence-electron chi connectivity index (χ1n) is 12.3. The Labute approximate surface area is 206 Å². The van der Waals surface area contributed by atoms with Gasteiger partial charge < -0.3 is 27.0 Å². The molecule has 1 saturated heterocycles. The Morgan fingerprint density at radius 2 is 1.80 bits per heavy atom. The van der Waals surface area contributed by atoms with Crippen molar-refractivity contribution < 1.29 is 5.11 Å². The normalized spacial score (nSPS) is 20.5. The van der Waals surface area contributed by atoms with E-state index >= 15 is 0 Å². The molecule has 188 valence electrons. The van der Waals surface area contributed by atoms with E-state index in [2.05, 4.69) is 62.2 Å². The van der Waals surface area contributed by atoms with Gasteiger partial charge in [0.2, 0.25) is 5.95 Å². The zero-order chi connectivity index (χ0) is 24.8. The molecule has 1 aliphatic carbocycles. The van der Waals surface area contributed by atoms with Gasteiger partial charge in [-0.1, -0.05) is 31.2 Å². The average molecular weight is 480 g/mol. The summed E-state index contributed by atoms with van der Waals surface area (Å²) in [5.74, 6) is 6.27. The van der Waals surface area contributed by atoms with Gasteiger partial charge >= 0.3 is 0 Å². The maximum atomic E-state index is 10.5. The van der Waals surface area contributed by atoms with Gasteiger partial charge in [-0.2, -0.15) is 5.10 Å². The quantitative estimate of drug-likeness (QED) is 0.168. The number of aromatic nitrogens is 2. The number of rotatable bonds is 10. The lowest BCUT2D eigenvalue weighted by Crippen LogP contribution is -2.53. The van der Waals surface area contributed by atoms with Crippen LogP contribution in [0.5, 0.6) is 0 Å². The molecule has 10 heteroatoms. The molecule has 3 unspecified atom stereocenters. The standard InChI is InChI=1S/C25H37N9O/c1-16(11-28-17(2)29-14-24(35)34-8-7-22(26)23(15-34)33-27)20-12-30-25(31-13-20)32-21-9-18-5-3-4-6-19(18)10-21/h3-6,12-13,16-17,21,24,26,28-29,35H,7-11,14-15,27H2,1-2H3,(H,30,31,32). The highest BCUT2D eigenvalue weighted by atomic mass is 16.3. The molecule has 35 heavy (non-hydrogen) atoms. The van der Waals surface area contributed by atoms with Gasteiger partial charge in [0, 0.05) is 51.0 Å². The number of benzene rings is 1. The summed E-state index contributed by atoms with van der Waals surface area (Å²) in [5.41, 5.74) is 4.87. The third kappa shape index (κ3) is 6.61. The van der Waals surface area contributed by atoms with Crippen molar-refractivity contribution in [3.05, 3.63) is 53.3 Å². The van der Waals surface area contributed by atoms with E-state index in [-0.39, 0.29) is 12.1 Å². The second kappa shape index (κ2) is 11.7. The molecule has 0 spiro atoms. The SMILES string of the molecule is CC(NCC(C)c1cnc(NC2Cc3ccccc3C2)nc1)NCC(O)N1CCC(=N)C(=NN)C1. The van der Waals surface area contributed by atoms with Crippen LogP contribution in [0.15, 0.2) is 41.8 Å². The van der Waals surface area contributed by atoms with Gasteiger partial charge in [0.15, 0.2) is 0 Å². The number of hydrogen-bond acceptors (Lipinski definition) is 10. The van der Waals surface area contributed by atoms with Crippen molar-refractivity contribution in [3.8, 4) is 0 Å². The van der Waals surface area contributed by atoms with Crippen LogP contribution in [0.4, 0.5) is 5.95 Å². The van der Waals surface area contributed by atoms with Crippen molar-refractivity contribution in [2.45, 2.75) is 57.5 Å². The number of nitrogens with one attached hydrogen (secondary N) is 4. The number of nitrogens with two attached hydrogens (primary N) is 1. The van der Waals surface area contributed by atoms with Crippen LogP contribution in [0.3, 0.4) is 0 Å². The second-order valence-corrected chi connectivity index (χ2v) is 9.55. The monoisotopic (exact) mass is 479 g/mol. The highest BCUT2D eigenvalue weighted by Crippen LogP contribution is 2.23. The molecule has 0 radical (unpaired) electrons. The van der Waals surface area contributed by atoms with Gasteiger partial charge in [-0.05, 0) is 42.4 Å². The van der Waals surface area contributed by atoms with E-state index in [1.807, 2.05) is 24.2 Å². The minimum atomic E-state index is -0.664. The number of likely N-dealkylation sites (tertiary alicyclic amines) is 1. The molecule has 2 aromatic rings. The molecule has 0 saturated carbocycles. The van der Waals surface area contributed by atoms with Crippen molar-refractivity contribution in [1.82, 2.24) is 25.5 Å². The van der Waals surface area contributed by atoms with Crippen molar-refractivity contribution in [1.29, 1.82) is 5.41 Å². The predicted molar refractivity (Wildman–Crippen MR) is 139 cm³/mol. The number of hydrazone groups is 1. The largest absolute Gasteiger partial charge is 0.377 e. The van der Waals surface area contributed by atoms with E-state index in [9.17, 15) is 5.11 Å². The fourth-order valence-electron chi connectivity index (χ4n) is 4.61. The minimum Gasteiger partial charge on any atom is -0.377 e. The van der Waals surface area contributed by atoms with Crippen LogP contribution in [0.25, 0.3) is 0 Å². The van der Waals surface area contributed by atoms with Crippen molar-refractivity contribution in [2.24, 2.45) is 10.9 Å². The molecule has 10 nitrogen and oxygen atoms in total. The van der Waals surface area contributed by atoms with Gasteiger partial charge in [-0.3, -0.25) is 10.2 Å². The second-order valence-electron chi connectivity index (χ2n) is 9.55. The number of aliphatic hydroxyl groups is 1. The first-order valence-corrected chi connectivity index (χ1v) is 12.3. The van der Waals surface area contributed by atoms with E-state index in [0.717, 1.165) is 24.9 Å². The molecule has 1 fully saturated rings. The highest BCUT2D eigenvalue weighted by Gasteiger charge is 2.25. The Kier molecular flexibility index (Phi) is 8.40. The Balaban J connectivity index is 1.17. The molecule has 1 aromatic heterocycles. The van der Waals surface area contributed by atoms with Gasteiger partial charge in [0.05, 0.1) is 17.6 Å². The summed E-state index contributed by atoms with van der Waals surface area (Å²) in [5, 5.41) is 32.3. The average Bonchev–Trinajstić information content (AvgIpc) is 3.28. The Morgan fingerprint density at radius 3 is 2.46 bits per heavy atom. The van der Waals surface area contributed by atoms with Crippen LogP contribution >= 0.6 is 0 Å². The molecule has 2 aliphatic rings. The van der Waals surface area contributed by atoms with Crippen LogP contribution in [0.1, 0.15) is 42.9 Å². The van der Waals surface area contributed by atoms with Gasteiger partial charge in [0.1, 0.15) is 6.23 Å². The summed E-state index contributed by atoms with van der Waals surface area (Å²) in [7, 11) is 0. The van der Waals surface area contributed by atoms with E-state index < -0.39 is 6.23 Å². The molecule has 1 aliphatic heterocycles. The smallest absolute Gasteiger partial charge is 0.222 e. The van der Waals surface area contributed by atoms with Gasteiger partial charge in [0.25, 0.3) is 0 Å². The number of anilines is 1. The first kappa shape index (κ1) is 25.2. The third-order valence-corrected chi connectivity index (χ3v) is 6.89. The van der Waals surface area contributed by atoms with Crippen LogP contribution in [0, 0.1) is 5.41 Å². The summed E-state index contributed by atoms with van der Waals surface area (Å²) in [6.07, 6.45) is 5.70. The van der Waals surface area contributed by atoms with Crippen LogP contribution in [-0.2, 0) is 12.8 Å². The van der Waals surface area contributed by atoms with E-state index in [1.165, 1.54) is 11.1 Å². The lowest BCUT2D eigenvalue weighted by Gasteiger charge is -2.32. The Hall–Kier alpha value is -2.92. The molecule has 0 bridgehead atoms. The molecule has 7 N–H and O–H groups in total. The maximum Gasteiger partial charge on any atom is 0.222 e. The molecule has 4 rings (SSSR count). The summed E-state index contributed by atoms with van der Waals surface area (Å²) < 4.78 is 0. The van der Waals surface area contributed by atoms with E-state index in [0.29, 0.717) is 49.5 Å². The molecule has 3 atom stereocenters. The van der Waals surface area contributed by atoms with E-state index in [4.69, 9.17) is 11.3 Å².